The number of halogens is 3. The van der Waals surface area contributed by atoms with Gasteiger partial charge in [-0.25, -0.2) is 9.50 Å². The standard InChI is InChI=1S/C21H23F3N4O2/c1-14-15(3-2-4-16(14)21(22,23)24)13-18-17(7-10-29)25-19-5-6-20(26-28(18)19)27-8-11-30-12-9-27/h2-6,29H,7-13H2,1H3. The largest absolute Gasteiger partial charge is 0.416 e. The van der Waals surface area contributed by atoms with Gasteiger partial charge in [0.05, 0.1) is 30.2 Å². The van der Waals surface area contributed by atoms with Crippen molar-refractivity contribution < 1.29 is 23.0 Å². The Morgan fingerprint density at radius 2 is 1.90 bits per heavy atom. The van der Waals surface area contributed by atoms with Crippen LogP contribution in [-0.2, 0) is 23.8 Å². The molecule has 1 saturated heterocycles. The molecule has 3 aromatic rings. The first-order chi connectivity index (χ1) is 14.4. The highest BCUT2D eigenvalue weighted by molar-refractivity contribution is 5.50. The number of morpholine rings is 1. The number of benzene rings is 1. The van der Waals surface area contributed by atoms with E-state index < -0.39 is 11.7 Å². The minimum absolute atomic E-state index is 0.102. The van der Waals surface area contributed by atoms with Gasteiger partial charge in [-0.1, -0.05) is 12.1 Å². The molecule has 4 rings (SSSR count). The fourth-order valence-electron chi connectivity index (χ4n) is 3.82. The van der Waals surface area contributed by atoms with Crippen molar-refractivity contribution in [3.8, 4) is 0 Å². The molecule has 2 aromatic heterocycles. The lowest BCUT2D eigenvalue weighted by Crippen LogP contribution is -2.37. The van der Waals surface area contributed by atoms with E-state index in [9.17, 15) is 18.3 Å². The summed E-state index contributed by atoms with van der Waals surface area (Å²) in [5, 5.41) is 14.2. The summed E-state index contributed by atoms with van der Waals surface area (Å²) in [6, 6.07) is 7.94. The van der Waals surface area contributed by atoms with Gasteiger partial charge in [-0.15, -0.1) is 5.10 Å². The van der Waals surface area contributed by atoms with E-state index in [2.05, 4.69) is 9.88 Å². The maximum absolute atomic E-state index is 13.3. The number of imidazole rings is 1. The van der Waals surface area contributed by atoms with E-state index in [1.165, 1.54) is 13.0 Å². The third-order valence-corrected chi connectivity index (χ3v) is 5.43. The highest BCUT2D eigenvalue weighted by Gasteiger charge is 2.33. The molecule has 0 saturated carbocycles. The first-order valence-electron chi connectivity index (χ1n) is 9.85. The van der Waals surface area contributed by atoms with E-state index in [1.807, 2.05) is 12.1 Å². The quantitative estimate of drug-likeness (QED) is 0.688. The third-order valence-electron chi connectivity index (χ3n) is 5.43. The fourth-order valence-corrected chi connectivity index (χ4v) is 3.82. The average molecular weight is 420 g/mol. The third kappa shape index (κ3) is 3.99. The number of aliphatic hydroxyl groups is 1. The number of hydrogen-bond acceptors (Lipinski definition) is 5. The first kappa shape index (κ1) is 20.6. The molecule has 0 amide bonds. The molecule has 0 radical (unpaired) electrons. The van der Waals surface area contributed by atoms with E-state index in [1.54, 1.807) is 10.6 Å². The number of alkyl halides is 3. The maximum atomic E-state index is 13.3. The minimum atomic E-state index is -4.41. The molecule has 3 heterocycles. The molecule has 160 valence electrons. The number of aliphatic hydroxyl groups excluding tert-OH is 1. The minimum Gasteiger partial charge on any atom is -0.396 e. The summed E-state index contributed by atoms with van der Waals surface area (Å²) in [7, 11) is 0. The summed E-state index contributed by atoms with van der Waals surface area (Å²) in [5.41, 5.74) is 2.05. The van der Waals surface area contributed by atoms with Crippen LogP contribution in [0.3, 0.4) is 0 Å². The van der Waals surface area contributed by atoms with E-state index >= 15 is 0 Å². The molecular formula is C21H23F3N4O2. The van der Waals surface area contributed by atoms with Gasteiger partial charge in [0.1, 0.15) is 5.82 Å². The second-order valence-electron chi connectivity index (χ2n) is 7.30. The Hall–Kier alpha value is -2.65. The van der Waals surface area contributed by atoms with Crippen molar-refractivity contribution in [2.75, 3.05) is 37.8 Å². The summed E-state index contributed by atoms with van der Waals surface area (Å²) in [5.74, 6) is 0.765. The van der Waals surface area contributed by atoms with Crippen molar-refractivity contribution in [1.82, 2.24) is 14.6 Å². The lowest BCUT2D eigenvalue weighted by Gasteiger charge is -2.27. The zero-order valence-electron chi connectivity index (χ0n) is 16.6. The molecule has 6 nitrogen and oxygen atoms in total. The van der Waals surface area contributed by atoms with Crippen molar-refractivity contribution in [2.24, 2.45) is 0 Å². The molecule has 1 aliphatic rings. The Kier molecular flexibility index (Phi) is 5.66. The molecule has 1 aliphatic heterocycles. The highest BCUT2D eigenvalue weighted by atomic mass is 19.4. The summed E-state index contributed by atoms with van der Waals surface area (Å²) in [6.07, 6.45) is -3.86. The lowest BCUT2D eigenvalue weighted by molar-refractivity contribution is -0.138. The normalized spacial score (nSPS) is 15.2. The highest BCUT2D eigenvalue weighted by Crippen LogP contribution is 2.33. The van der Waals surface area contributed by atoms with Crippen LogP contribution in [0.1, 0.15) is 28.1 Å². The average Bonchev–Trinajstić information content (AvgIpc) is 3.06. The topological polar surface area (TPSA) is 62.9 Å². The molecule has 0 bridgehead atoms. The van der Waals surface area contributed by atoms with Gasteiger partial charge in [-0.3, -0.25) is 0 Å². The van der Waals surface area contributed by atoms with Crippen molar-refractivity contribution in [3.05, 3.63) is 58.4 Å². The first-order valence-corrected chi connectivity index (χ1v) is 9.85. The molecule has 1 N–H and O–H groups in total. The number of ether oxygens (including phenoxy) is 1. The van der Waals surface area contributed by atoms with Gasteiger partial charge >= 0.3 is 6.18 Å². The number of anilines is 1. The summed E-state index contributed by atoms with van der Waals surface area (Å²) >= 11 is 0. The Labute approximate surface area is 171 Å². The fraction of sp³-hybridized carbons (Fsp3) is 0.429. The van der Waals surface area contributed by atoms with Crippen molar-refractivity contribution in [2.45, 2.75) is 25.9 Å². The zero-order chi connectivity index (χ0) is 21.3. The molecule has 9 heteroatoms. The van der Waals surface area contributed by atoms with Crippen LogP contribution in [-0.4, -0.2) is 52.6 Å². The van der Waals surface area contributed by atoms with E-state index in [0.29, 0.717) is 42.2 Å². The summed E-state index contributed by atoms with van der Waals surface area (Å²) in [6.45, 7) is 4.07. The van der Waals surface area contributed by atoms with Crippen LogP contribution in [0.2, 0.25) is 0 Å². The van der Waals surface area contributed by atoms with Crippen LogP contribution in [0.5, 0.6) is 0 Å². The number of aromatic nitrogens is 3. The van der Waals surface area contributed by atoms with Crippen LogP contribution in [0.15, 0.2) is 30.3 Å². The Bertz CT molecular complexity index is 1040. The van der Waals surface area contributed by atoms with Crippen LogP contribution < -0.4 is 4.90 Å². The Balaban J connectivity index is 1.77. The van der Waals surface area contributed by atoms with Crippen LogP contribution >= 0.6 is 0 Å². The van der Waals surface area contributed by atoms with Gasteiger partial charge in [0.15, 0.2) is 5.65 Å². The Morgan fingerprint density at radius 3 is 2.60 bits per heavy atom. The van der Waals surface area contributed by atoms with E-state index in [-0.39, 0.29) is 18.6 Å². The summed E-state index contributed by atoms with van der Waals surface area (Å²) < 4.78 is 47.1. The zero-order valence-corrected chi connectivity index (χ0v) is 16.6. The van der Waals surface area contributed by atoms with Crippen LogP contribution in [0.25, 0.3) is 5.65 Å². The molecule has 30 heavy (non-hydrogen) atoms. The number of nitrogens with zero attached hydrogens (tertiary/aromatic N) is 4. The smallest absolute Gasteiger partial charge is 0.396 e. The molecule has 0 spiro atoms. The van der Waals surface area contributed by atoms with Crippen LogP contribution in [0.4, 0.5) is 19.0 Å². The SMILES string of the molecule is Cc1c(Cc2c(CCO)nc3ccc(N4CCOCC4)nn23)cccc1C(F)(F)F. The van der Waals surface area contributed by atoms with Crippen molar-refractivity contribution >= 4 is 11.5 Å². The van der Waals surface area contributed by atoms with Gasteiger partial charge < -0.3 is 14.7 Å². The molecule has 1 fully saturated rings. The predicted molar refractivity (Wildman–Crippen MR) is 106 cm³/mol. The number of hydrogen-bond donors (Lipinski definition) is 1. The van der Waals surface area contributed by atoms with Gasteiger partial charge in [-0.2, -0.15) is 13.2 Å². The molecule has 0 aliphatic carbocycles. The van der Waals surface area contributed by atoms with Crippen LogP contribution in [0, 0.1) is 6.92 Å². The molecule has 0 atom stereocenters. The van der Waals surface area contributed by atoms with Crippen molar-refractivity contribution in [3.63, 3.8) is 0 Å². The lowest BCUT2D eigenvalue weighted by atomic mass is 9.97. The Morgan fingerprint density at radius 1 is 1.13 bits per heavy atom. The molecule has 0 unspecified atom stereocenters. The monoisotopic (exact) mass is 420 g/mol. The number of rotatable bonds is 5. The van der Waals surface area contributed by atoms with Gasteiger partial charge in [0, 0.05) is 32.5 Å². The predicted octanol–water partition coefficient (Wildman–Crippen LogP) is 3.02. The second-order valence-corrected chi connectivity index (χ2v) is 7.30. The van der Waals surface area contributed by atoms with Gasteiger partial charge in [-0.05, 0) is 36.2 Å². The molecule has 1 aromatic carbocycles. The maximum Gasteiger partial charge on any atom is 0.416 e. The number of fused-ring (bicyclic) bond motifs is 1. The van der Waals surface area contributed by atoms with Gasteiger partial charge in [0.25, 0.3) is 0 Å². The van der Waals surface area contributed by atoms with E-state index in [4.69, 9.17) is 9.84 Å². The second kappa shape index (κ2) is 8.23. The molecular weight excluding hydrogens is 397 g/mol. The summed E-state index contributed by atoms with van der Waals surface area (Å²) in [4.78, 5) is 6.67. The van der Waals surface area contributed by atoms with E-state index in [0.717, 1.165) is 25.0 Å². The van der Waals surface area contributed by atoms with Gasteiger partial charge in [0.2, 0.25) is 0 Å². The van der Waals surface area contributed by atoms with Crippen molar-refractivity contribution in [1.29, 1.82) is 0 Å².